The third-order valence-electron chi connectivity index (χ3n) is 2.66. The van der Waals surface area contributed by atoms with Gasteiger partial charge in [-0.25, -0.2) is 0 Å². The van der Waals surface area contributed by atoms with E-state index in [0.29, 0.717) is 16.8 Å². The van der Waals surface area contributed by atoms with E-state index in [1.54, 1.807) is 36.4 Å². The Morgan fingerprint density at radius 2 is 1.63 bits per heavy atom. The van der Waals surface area contributed by atoms with Crippen LogP contribution in [0.25, 0.3) is 0 Å². The molecule has 0 bridgehead atoms. The molecule has 2 rings (SSSR count). The Labute approximate surface area is 125 Å². The number of Topliss-reactive ketones (excluding diaryl/α,β-unsaturated/α-hetero) is 1. The number of hydrogen-bond donors (Lipinski definition) is 1. The first-order chi connectivity index (χ1) is 9.08. The average molecular weight is 365 g/mol. The molecule has 4 heteroatoms. The van der Waals surface area contributed by atoms with E-state index in [0.717, 1.165) is 3.57 Å². The lowest BCUT2D eigenvalue weighted by atomic mass is 10.1. The standard InChI is InChI=1S/C15H12INO2/c1-10(18)13-4-2-3-5-14(13)17-15(19)11-6-8-12(16)9-7-11/h2-9H,1H3,(H,17,19). The Balaban J connectivity index is 2.24. The molecule has 1 amide bonds. The summed E-state index contributed by atoms with van der Waals surface area (Å²) in [4.78, 5) is 23.6. The summed E-state index contributed by atoms with van der Waals surface area (Å²) in [6.45, 7) is 1.48. The number of hydrogen-bond acceptors (Lipinski definition) is 2. The number of nitrogens with one attached hydrogen (secondary N) is 1. The molecule has 19 heavy (non-hydrogen) atoms. The third-order valence-corrected chi connectivity index (χ3v) is 3.38. The molecule has 0 unspecified atom stereocenters. The predicted octanol–water partition coefficient (Wildman–Crippen LogP) is 3.75. The van der Waals surface area contributed by atoms with Gasteiger partial charge in [0.05, 0.1) is 5.69 Å². The maximum absolute atomic E-state index is 12.1. The van der Waals surface area contributed by atoms with Crippen LogP contribution < -0.4 is 5.32 Å². The van der Waals surface area contributed by atoms with Crippen LogP contribution in [0.1, 0.15) is 27.6 Å². The molecule has 0 spiro atoms. The molecule has 0 aliphatic rings. The number of carbonyl (C=O) groups excluding carboxylic acids is 2. The first-order valence-corrected chi connectivity index (χ1v) is 6.82. The number of amides is 1. The quantitative estimate of drug-likeness (QED) is 0.665. The van der Waals surface area contributed by atoms with Crippen molar-refractivity contribution in [1.82, 2.24) is 0 Å². The summed E-state index contributed by atoms with van der Waals surface area (Å²) in [7, 11) is 0. The number of benzene rings is 2. The summed E-state index contributed by atoms with van der Waals surface area (Å²) in [5.74, 6) is -0.288. The monoisotopic (exact) mass is 365 g/mol. The second-order valence-corrected chi connectivity index (χ2v) is 5.31. The second kappa shape index (κ2) is 5.97. The number of anilines is 1. The van der Waals surface area contributed by atoms with Crippen LogP contribution in [-0.2, 0) is 0 Å². The summed E-state index contributed by atoms with van der Waals surface area (Å²) in [5, 5.41) is 2.77. The van der Waals surface area contributed by atoms with Crippen molar-refractivity contribution < 1.29 is 9.59 Å². The van der Waals surface area contributed by atoms with Crippen molar-refractivity contribution in [3.63, 3.8) is 0 Å². The fraction of sp³-hybridized carbons (Fsp3) is 0.0667. The summed E-state index contributed by atoms with van der Waals surface area (Å²) in [5.41, 5.74) is 1.62. The smallest absolute Gasteiger partial charge is 0.255 e. The van der Waals surface area contributed by atoms with Gasteiger partial charge in [-0.15, -0.1) is 0 Å². The van der Waals surface area contributed by atoms with E-state index in [9.17, 15) is 9.59 Å². The molecule has 0 atom stereocenters. The zero-order chi connectivity index (χ0) is 13.8. The van der Waals surface area contributed by atoms with Crippen LogP contribution in [0.2, 0.25) is 0 Å². The summed E-state index contributed by atoms with van der Waals surface area (Å²) < 4.78 is 1.07. The second-order valence-electron chi connectivity index (χ2n) is 4.06. The highest BCUT2D eigenvalue weighted by molar-refractivity contribution is 14.1. The molecular weight excluding hydrogens is 353 g/mol. The molecule has 0 saturated heterocycles. The largest absolute Gasteiger partial charge is 0.321 e. The fourth-order valence-electron chi connectivity index (χ4n) is 1.69. The Hall–Kier alpha value is -1.69. The Morgan fingerprint density at radius 1 is 1.00 bits per heavy atom. The van der Waals surface area contributed by atoms with E-state index in [-0.39, 0.29) is 11.7 Å². The van der Waals surface area contributed by atoms with Crippen molar-refractivity contribution in [1.29, 1.82) is 0 Å². The van der Waals surface area contributed by atoms with E-state index in [4.69, 9.17) is 0 Å². The van der Waals surface area contributed by atoms with Crippen LogP contribution in [0.5, 0.6) is 0 Å². The number of carbonyl (C=O) groups is 2. The molecule has 96 valence electrons. The van der Waals surface area contributed by atoms with Gasteiger partial charge in [-0.05, 0) is 65.9 Å². The van der Waals surface area contributed by atoms with Gasteiger partial charge < -0.3 is 5.32 Å². The van der Waals surface area contributed by atoms with E-state index >= 15 is 0 Å². The van der Waals surface area contributed by atoms with Gasteiger partial charge in [0.2, 0.25) is 0 Å². The fourth-order valence-corrected chi connectivity index (χ4v) is 2.05. The molecule has 0 fully saturated rings. The minimum Gasteiger partial charge on any atom is -0.321 e. The van der Waals surface area contributed by atoms with Crippen LogP contribution >= 0.6 is 22.6 Å². The van der Waals surface area contributed by atoms with Crippen molar-refractivity contribution >= 4 is 40.0 Å². The van der Waals surface area contributed by atoms with E-state index in [2.05, 4.69) is 27.9 Å². The van der Waals surface area contributed by atoms with Crippen LogP contribution in [0.4, 0.5) is 5.69 Å². The molecule has 0 aromatic heterocycles. The SMILES string of the molecule is CC(=O)c1ccccc1NC(=O)c1ccc(I)cc1. The van der Waals surface area contributed by atoms with E-state index in [1.165, 1.54) is 6.92 Å². The first kappa shape index (κ1) is 13.7. The van der Waals surface area contributed by atoms with Gasteiger partial charge in [0.15, 0.2) is 5.78 Å². The van der Waals surface area contributed by atoms with Crippen molar-refractivity contribution in [2.24, 2.45) is 0 Å². The maximum Gasteiger partial charge on any atom is 0.255 e. The molecule has 0 aliphatic heterocycles. The zero-order valence-corrected chi connectivity index (χ0v) is 12.5. The van der Waals surface area contributed by atoms with Crippen molar-refractivity contribution in [2.45, 2.75) is 6.92 Å². The van der Waals surface area contributed by atoms with Gasteiger partial charge in [-0.1, -0.05) is 12.1 Å². The van der Waals surface area contributed by atoms with E-state index < -0.39 is 0 Å². The van der Waals surface area contributed by atoms with Crippen molar-refractivity contribution in [2.75, 3.05) is 5.32 Å². The molecule has 0 aliphatic carbocycles. The van der Waals surface area contributed by atoms with Gasteiger partial charge in [-0.3, -0.25) is 9.59 Å². The topological polar surface area (TPSA) is 46.2 Å². The number of halogens is 1. The highest BCUT2D eigenvalue weighted by Gasteiger charge is 2.10. The first-order valence-electron chi connectivity index (χ1n) is 5.75. The van der Waals surface area contributed by atoms with Gasteiger partial charge in [0.1, 0.15) is 0 Å². The summed E-state index contributed by atoms with van der Waals surface area (Å²) >= 11 is 2.18. The Morgan fingerprint density at radius 3 is 2.26 bits per heavy atom. The molecule has 0 radical (unpaired) electrons. The summed E-state index contributed by atoms with van der Waals surface area (Å²) in [6, 6.07) is 14.2. The molecule has 1 N–H and O–H groups in total. The van der Waals surface area contributed by atoms with Gasteiger partial charge in [-0.2, -0.15) is 0 Å². The molecular formula is C15H12INO2. The Bertz CT molecular complexity index is 620. The predicted molar refractivity (Wildman–Crippen MR) is 83.6 cm³/mol. The summed E-state index contributed by atoms with van der Waals surface area (Å²) in [6.07, 6.45) is 0. The minimum absolute atomic E-state index is 0.0708. The van der Waals surface area contributed by atoms with Crippen LogP contribution in [0, 0.1) is 3.57 Å². The number of ketones is 1. The van der Waals surface area contributed by atoms with Crippen LogP contribution in [0.3, 0.4) is 0 Å². The lowest BCUT2D eigenvalue weighted by Crippen LogP contribution is -2.14. The average Bonchev–Trinajstić information content (AvgIpc) is 2.39. The number of para-hydroxylation sites is 1. The molecule has 0 heterocycles. The lowest BCUT2D eigenvalue weighted by molar-refractivity contribution is 0.101. The van der Waals surface area contributed by atoms with Crippen molar-refractivity contribution in [3.8, 4) is 0 Å². The lowest BCUT2D eigenvalue weighted by Gasteiger charge is -2.09. The van der Waals surface area contributed by atoms with Gasteiger partial charge in [0.25, 0.3) is 5.91 Å². The molecule has 2 aromatic carbocycles. The van der Waals surface area contributed by atoms with Crippen molar-refractivity contribution in [3.05, 3.63) is 63.2 Å². The van der Waals surface area contributed by atoms with Crippen LogP contribution in [-0.4, -0.2) is 11.7 Å². The van der Waals surface area contributed by atoms with Gasteiger partial charge >= 0.3 is 0 Å². The normalized spacial score (nSPS) is 10.0. The molecule has 3 nitrogen and oxygen atoms in total. The zero-order valence-electron chi connectivity index (χ0n) is 10.3. The Kier molecular flexibility index (Phi) is 4.31. The third kappa shape index (κ3) is 3.41. The highest BCUT2D eigenvalue weighted by atomic mass is 127. The van der Waals surface area contributed by atoms with Crippen LogP contribution in [0.15, 0.2) is 48.5 Å². The minimum atomic E-state index is -0.217. The highest BCUT2D eigenvalue weighted by Crippen LogP contribution is 2.17. The maximum atomic E-state index is 12.1. The number of rotatable bonds is 3. The van der Waals surface area contributed by atoms with E-state index in [1.807, 2.05) is 12.1 Å². The molecule has 2 aromatic rings. The molecule has 0 saturated carbocycles. The van der Waals surface area contributed by atoms with Gasteiger partial charge in [0, 0.05) is 14.7 Å².